The topological polar surface area (TPSA) is 26.3 Å². The molecule has 13 aromatic rings. The predicted octanol–water partition coefficient (Wildman–Crippen LogP) is 16.8. The average Bonchev–Trinajstić information content (AvgIpc) is 3.89. The van der Waals surface area contributed by atoms with E-state index in [1.54, 1.807) is 0 Å². The van der Waals surface area contributed by atoms with Crippen LogP contribution in [0.15, 0.2) is 215 Å². The molecule has 278 valence electrons. The zero-order chi connectivity index (χ0) is 39.3. The highest BCUT2D eigenvalue weighted by Gasteiger charge is 2.24. The van der Waals surface area contributed by atoms with Crippen LogP contribution in [0, 0.1) is 0 Å². The van der Waals surface area contributed by atoms with Crippen LogP contribution in [-0.4, -0.2) is 0 Å². The van der Waals surface area contributed by atoms with E-state index in [0.29, 0.717) is 0 Å². The summed E-state index contributed by atoms with van der Waals surface area (Å²) in [5.41, 5.74) is 13.0. The summed E-state index contributed by atoms with van der Waals surface area (Å²) in [7, 11) is 0. The molecule has 0 saturated carbocycles. The minimum absolute atomic E-state index is 0.875. The summed E-state index contributed by atoms with van der Waals surface area (Å²) in [6.45, 7) is 0. The first kappa shape index (κ1) is 33.1. The molecule has 2 aromatic heterocycles. The molecular formula is C58H34O2. The normalized spacial score (nSPS) is 12.0. The van der Waals surface area contributed by atoms with Crippen LogP contribution in [-0.2, 0) is 0 Å². The SMILES string of the molecule is c1ccc(-c2c3ccccc3c(-c3cccc4oc5c(-c6c7ccccc7c(-c7ccc8c(c7)oc7ccccc78)c7ccccc67)cccc5c34)c3ccccc23)cc1. The van der Waals surface area contributed by atoms with Crippen LogP contribution in [0.3, 0.4) is 0 Å². The van der Waals surface area contributed by atoms with Crippen LogP contribution in [0.5, 0.6) is 0 Å². The maximum atomic E-state index is 7.09. The van der Waals surface area contributed by atoms with Crippen molar-refractivity contribution in [1.82, 2.24) is 0 Å². The van der Waals surface area contributed by atoms with Gasteiger partial charge in [-0.1, -0.05) is 182 Å². The van der Waals surface area contributed by atoms with Gasteiger partial charge < -0.3 is 8.83 Å². The molecule has 0 saturated heterocycles. The Morgan fingerprint density at radius 1 is 0.233 bits per heavy atom. The minimum Gasteiger partial charge on any atom is -0.456 e. The molecule has 2 nitrogen and oxygen atoms in total. The number of furan rings is 2. The van der Waals surface area contributed by atoms with E-state index in [0.717, 1.165) is 55.0 Å². The van der Waals surface area contributed by atoms with Crippen molar-refractivity contribution in [3.05, 3.63) is 206 Å². The Hall–Kier alpha value is -7.94. The molecule has 0 aliphatic carbocycles. The highest BCUT2D eigenvalue weighted by molar-refractivity contribution is 6.28. The maximum Gasteiger partial charge on any atom is 0.143 e. The molecule has 0 fully saturated rings. The number of benzene rings is 11. The lowest BCUT2D eigenvalue weighted by Crippen LogP contribution is -1.91. The van der Waals surface area contributed by atoms with E-state index >= 15 is 0 Å². The number of rotatable bonds is 4. The van der Waals surface area contributed by atoms with Crippen molar-refractivity contribution in [1.29, 1.82) is 0 Å². The van der Waals surface area contributed by atoms with Gasteiger partial charge in [0.2, 0.25) is 0 Å². The van der Waals surface area contributed by atoms with Crippen molar-refractivity contribution < 1.29 is 8.83 Å². The second kappa shape index (κ2) is 12.8. The van der Waals surface area contributed by atoms with E-state index < -0.39 is 0 Å². The van der Waals surface area contributed by atoms with Crippen molar-refractivity contribution in [2.75, 3.05) is 0 Å². The number of fused-ring (bicyclic) bond motifs is 10. The summed E-state index contributed by atoms with van der Waals surface area (Å²) in [5, 5.41) is 14.1. The molecule has 0 aliphatic rings. The van der Waals surface area contributed by atoms with Gasteiger partial charge >= 0.3 is 0 Å². The molecule has 2 heterocycles. The first-order valence-corrected chi connectivity index (χ1v) is 20.6. The predicted molar refractivity (Wildman–Crippen MR) is 253 cm³/mol. The number of hydrogen-bond acceptors (Lipinski definition) is 2. The summed E-state index contributed by atoms with van der Waals surface area (Å²) >= 11 is 0. The smallest absolute Gasteiger partial charge is 0.143 e. The van der Waals surface area contributed by atoms with Crippen molar-refractivity contribution in [2.45, 2.75) is 0 Å². The van der Waals surface area contributed by atoms with Gasteiger partial charge in [0.05, 0.1) is 0 Å². The van der Waals surface area contributed by atoms with E-state index in [4.69, 9.17) is 8.83 Å². The largest absolute Gasteiger partial charge is 0.456 e. The van der Waals surface area contributed by atoms with Gasteiger partial charge in [-0.15, -0.1) is 0 Å². The third-order valence-electron chi connectivity index (χ3n) is 12.7. The molecular weight excluding hydrogens is 729 g/mol. The Morgan fingerprint density at radius 3 is 1.28 bits per heavy atom. The third-order valence-corrected chi connectivity index (χ3v) is 12.7. The van der Waals surface area contributed by atoms with E-state index in [1.807, 2.05) is 12.1 Å². The van der Waals surface area contributed by atoms with Crippen molar-refractivity contribution in [2.24, 2.45) is 0 Å². The van der Waals surface area contributed by atoms with Crippen LogP contribution < -0.4 is 0 Å². The average molecular weight is 763 g/mol. The zero-order valence-corrected chi connectivity index (χ0v) is 32.4. The summed E-state index contributed by atoms with van der Waals surface area (Å²) < 4.78 is 13.5. The fraction of sp³-hybridized carbons (Fsp3) is 0. The van der Waals surface area contributed by atoms with E-state index in [-0.39, 0.29) is 0 Å². The fourth-order valence-corrected chi connectivity index (χ4v) is 10.2. The molecule has 0 aliphatic heterocycles. The van der Waals surface area contributed by atoms with Crippen LogP contribution in [0.25, 0.3) is 131 Å². The second-order valence-corrected chi connectivity index (χ2v) is 15.8. The molecule has 0 bridgehead atoms. The first-order valence-electron chi connectivity index (χ1n) is 20.6. The first-order chi connectivity index (χ1) is 29.8. The quantitative estimate of drug-likeness (QED) is 0.167. The molecule has 11 aromatic carbocycles. The second-order valence-electron chi connectivity index (χ2n) is 15.8. The van der Waals surface area contributed by atoms with Gasteiger partial charge in [-0.3, -0.25) is 0 Å². The lowest BCUT2D eigenvalue weighted by atomic mass is 9.84. The minimum atomic E-state index is 0.875. The van der Waals surface area contributed by atoms with Crippen LogP contribution in [0.2, 0.25) is 0 Å². The van der Waals surface area contributed by atoms with Gasteiger partial charge in [0, 0.05) is 32.7 Å². The van der Waals surface area contributed by atoms with Gasteiger partial charge in [0.15, 0.2) is 0 Å². The summed E-state index contributed by atoms with van der Waals surface area (Å²) in [6.07, 6.45) is 0. The molecule has 60 heavy (non-hydrogen) atoms. The van der Waals surface area contributed by atoms with Gasteiger partial charge in [0.1, 0.15) is 22.3 Å². The molecule has 0 radical (unpaired) electrons. The number of para-hydroxylation sites is 2. The van der Waals surface area contributed by atoms with Gasteiger partial charge in [-0.25, -0.2) is 0 Å². The molecule has 0 atom stereocenters. The van der Waals surface area contributed by atoms with E-state index in [1.165, 1.54) is 76.5 Å². The standard InChI is InChI=1S/C58H34O2/c1-2-16-35(17-3-1)53-39-19-4-8-23-43(39)55(44-24-9-5-20-40(44)53)47-27-15-31-51-57(47)49-29-14-28-48(58(49)60-51)56-45-25-10-6-21-41(45)54(42-22-7-11-26-46(42)56)36-32-33-38-37-18-12-13-30-50(37)59-52(38)34-36/h1-34H. The lowest BCUT2D eigenvalue weighted by Gasteiger charge is -2.18. The Kier molecular flexibility index (Phi) is 7.05. The third kappa shape index (κ3) is 4.70. The highest BCUT2D eigenvalue weighted by Crippen LogP contribution is 2.50. The van der Waals surface area contributed by atoms with Crippen molar-refractivity contribution in [3.63, 3.8) is 0 Å². The van der Waals surface area contributed by atoms with E-state index in [9.17, 15) is 0 Å². The molecule has 0 spiro atoms. The maximum absolute atomic E-state index is 7.09. The highest BCUT2D eigenvalue weighted by atomic mass is 16.3. The Morgan fingerprint density at radius 2 is 0.667 bits per heavy atom. The van der Waals surface area contributed by atoms with Crippen molar-refractivity contribution >= 4 is 87.0 Å². The molecule has 0 unspecified atom stereocenters. The van der Waals surface area contributed by atoms with Gasteiger partial charge in [-0.05, 0) is 101 Å². The Balaban J connectivity index is 1.09. The van der Waals surface area contributed by atoms with E-state index in [2.05, 4.69) is 194 Å². The number of hydrogen-bond donors (Lipinski definition) is 0. The Labute approximate surface area is 345 Å². The summed E-state index contributed by atoms with van der Waals surface area (Å²) in [4.78, 5) is 0. The monoisotopic (exact) mass is 762 g/mol. The molecule has 0 N–H and O–H groups in total. The van der Waals surface area contributed by atoms with Crippen LogP contribution in [0.1, 0.15) is 0 Å². The van der Waals surface area contributed by atoms with Crippen LogP contribution in [0.4, 0.5) is 0 Å². The van der Waals surface area contributed by atoms with Gasteiger partial charge in [0.25, 0.3) is 0 Å². The van der Waals surface area contributed by atoms with Gasteiger partial charge in [-0.2, -0.15) is 0 Å². The van der Waals surface area contributed by atoms with Crippen LogP contribution >= 0.6 is 0 Å². The molecule has 2 heteroatoms. The fourth-order valence-electron chi connectivity index (χ4n) is 10.2. The summed E-state index contributed by atoms with van der Waals surface area (Å²) in [6, 6.07) is 74.3. The zero-order valence-electron chi connectivity index (χ0n) is 32.4. The summed E-state index contributed by atoms with van der Waals surface area (Å²) in [5.74, 6) is 0. The Bertz CT molecular complexity index is 3770. The molecule has 0 amide bonds. The lowest BCUT2D eigenvalue weighted by molar-refractivity contribution is 0.669. The molecule has 13 rings (SSSR count). The van der Waals surface area contributed by atoms with Crippen molar-refractivity contribution in [3.8, 4) is 44.5 Å².